The average Bonchev–Trinajstić information content (AvgIpc) is 2.23. The molecule has 0 aromatic heterocycles. The van der Waals surface area contributed by atoms with Gasteiger partial charge in [-0.05, 0) is 13.8 Å². The average molecular weight is 233 g/mol. The number of morpholine rings is 1. The van der Waals surface area contributed by atoms with Crippen LogP contribution in [0.2, 0.25) is 0 Å². The predicted octanol–water partition coefficient (Wildman–Crippen LogP) is 0.389. The molecule has 5 heteroatoms. The van der Waals surface area contributed by atoms with Crippen LogP contribution in [-0.4, -0.2) is 58.5 Å². The van der Waals surface area contributed by atoms with Crippen LogP contribution in [0.3, 0.4) is 0 Å². The summed E-state index contributed by atoms with van der Waals surface area (Å²) in [4.78, 5) is 0. The number of rotatable bonds is 6. The second-order valence-electron chi connectivity index (χ2n) is 4.57. The highest BCUT2D eigenvalue weighted by Crippen LogP contribution is 2.15. The van der Waals surface area contributed by atoms with E-state index >= 15 is 0 Å². The highest BCUT2D eigenvalue weighted by molar-refractivity contribution is 4.81. The molecule has 0 amide bonds. The van der Waals surface area contributed by atoms with Gasteiger partial charge in [-0.3, -0.25) is 0 Å². The van der Waals surface area contributed by atoms with Gasteiger partial charge in [0.15, 0.2) is 6.29 Å². The highest BCUT2D eigenvalue weighted by atomic mass is 16.7. The van der Waals surface area contributed by atoms with Crippen molar-refractivity contribution in [3.05, 3.63) is 0 Å². The molecular formula is C11H23NO4. The van der Waals surface area contributed by atoms with Gasteiger partial charge in [0.25, 0.3) is 0 Å². The van der Waals surface area contributed by atoms with Crippen molar-refractivity contribution < 1.29 is 18.9 Å². The van der Waals surface area contributed by atoms with E-state index in [1.54, 1.807) is 14.2 Å². The van der Waals surface area contributed by atoms with Crippen molar-refractivity contribution in [3.63, 3.8) is 0 Å². The first kappa shape index (κ1) is 13.9. The van der Waals surface area contributed by atoms with Gasteiger partial charge in [0.05, 0.1) is 24.9 Å². The van der Waals surface area contributed by atoms with Crippen LogP contribution in [0, 0.1) is 0 Å². The minimum absolute atomic E-state index is 0.0955. The van der Waals surface area contributed by atoms with Gasteiger partial charge in [-0.2, -0.15) is 0 Å². The van der Waals surface area contributed by atoms with Crippen LogP contribution >= 0.6 is 0 Å². The van der Waals surface area contributed by atoms with Crippen LogP contribution in [0.4, 0.5) is 0 Å². The summed E-state index contributed by atoms with van der Waals surface area (Å²) in [6.07, 6.45) is -0.206. The molecule has 1 unspecified atom stereocenters. The van der Waals surface area contributed by atoms with Crippen LogP contribution in [0.15, 0.2) is 0 Å². The summed E-state index contributed by atoms with van der Waals surface area (Å²) in [6.45, 7) is 6.82. The molecule has 1 saturated heterocycles. The van der Waals surface area contributed by atoms with E-state index in [2.05, 4.69) is 19.2 Å². The molecule has 96 valence electrons. The Kier molecular flexibility index (Phi) is 5.64. The first-order chi connectivity index (χ1) is 7.57. The summed E-state index contributed by atoms with van der Waals surface area (Å²) in [5, 5.41) is 3.32. The van der Waals surface area contributed by atoms with Crippen LogP contribution in [0.5, 0.6) is 0 Å². The lowest BCUT2D eigenvalue weighted by Crippen LogP contribution is -2.52. The van der Waals surface area contributed by atoms with Crippen LogP contribution < -0.4 is 5.32 Å². The smallest absolute Gasteiger partial charge is 0.180 e. The molecule has 1 fully saturated rings. The van der Waals surface area contributed by atoms with Gasteiger partial charge in [0.1, 0.15) is 0 Å². The van der Waals surface area contributed by atoms with Crippen molar-refractivity contribution in [1.82, 2.24) is 5.32 Å². The lowest BCUT2D eigenvalue weighted by molar-refractivity contribution is -0.163. The van der Waals surface area contributed by atoms with Crippen molar-refractivity contribution in [2.75, 3.05) is 40.5 Å². The Hall–Kier alpha value is -0.200. The number of hydrogen-bond donors (Lipinski definition) is 1. The monoisotopic (exact) mass is 233 g/mol. The minimum atomic E-state index is -0.301. The number of nitrogens with one attached hydrogen (secondary N) is 1. The summed E-state index contributed by atoms with van der Waals surface area (Å²) < 4.78 is 21.4. The number of methoxy groups -OCH3 is 2. The summed E-state index contributed by atoms with van der Waals surface area (Å²) in [5.41, 5.74) is -0.117. The standard InChI is InChI=1S/C11H23NO4/c1-11(2)8-12-5-9(16-11)6-15-7-10(13-3)14-4/h9-10,12H,5-8H2,1-4H3. The Morgan fingerprint density at radius 2 is 2.06 bits per heavy atom. The maximum atomic E-state index is 5.85. The Morgan fingerprint density at radius 3 is 2.62 bits per heavy atom. The van der Waals surface area contributed by atoms with Gasteiger partial charge in [-0.15, -0.1) is 0 Å². The molecule has 0 aliphatic carbocycles. The van der Waals surface area contributed by atoms with E-state index in [4.69, 9.17) is 18.9 Å². The molecule has 0 radical (unpaired) electrons. The third-order valence-electron chi connectivity index (χ3n) is 2.49. The van der Waals surface area contributed by atoms with E-state index < -0.39 is 0 Å². The van der Waals surface area contributed by atoms with Gasteiger partial charge in [0.2, 0.25) is 0 Å². The molecule has 0 saturated carbocycles. The molecule has 1 heterocycles. The van der Waals surface area contributed by atoms with Gasteiger partial charge in [0, 0.05) is 27.3 Å². The third-order valence-corrected chi connectivity index (χ3v) is 2.49. The van der Waals surface area contributed by atoms with Crippen LogP contribution in [0.25, 0.3) is 0 Å². The molecule has 16 heavy (non-hydrogen) atoms. The molecule has 0 bridgehead atoms. The summed E-state index contributed by atoms with van der Waals surface area (Å²) in [6, 6.07) is 0. The first-order valence-corrected chi connectivity index (χ1v) is 5.59. The molecule has 0 aromatic rings. The highest BCUT2D eigenvalue weighted by Gasteiger charge is 2.28. The normalized spacial score (nSPS) is 24.9. The minimum Gasteiger partial charge on any atom is -0.373 e. The Balaban J connectivity index is 2.17. The van der Waals surface area contributed by atoms with Crippen LogP contribution in [0.1, 0.15) is 13.8 Å². The second-order valence-corrected chi connectivity index (χ2v) is 4.57. The fourth-order valence-corrected chi connectivity index (χ4v) is 1.69. The summed E-state index contributed by atoms with van der Waals surface area (Å²) in [7, 11) is 3.19. The van der Waals surface area contributed by atoms with E-state index in [1.807, 2.05) is 0 Å². The van der Waals surface area contributed by atoms with Crippen molar-refractivity contribution in [3.8, 4) is 0 Å². The third kappa shape index (κ3) is 4.76. The van der Waals surface area contributed by atoms with Crippen molar-refractivity contribution in [1.29, 1.82) is 0 Å². The van der Waals surface area contributed by atoms with Gasteiger partial charge in [-0.25, -0.2) is 0 Å². The maximum Gasteiger partial charge on any atom is 0.180 e. The van der Waals surface area contributed by atoms with Gasteiger partial charge >= 0.3 is 0 Å². The topological polar surface area (TPSA) is 49.0 Å². The molecule has 5 nitrogen and oxygen atoms in total. The Bertz CT molecular complexity index is 194. The number of ether oxygens (including phenoxy) is 4. The zero-order valence-corrected chi connectivity index (χ0v) is 10.6. The second kappa shape index (κ2) is 6.51. The summed E-state index contributed by atoms with van der Waals surface area (Å²) >= 11 is 0. The van der Waals surface area contributed by atoms with Crippen LogP contribution in [-0.2, 0) is 18.9 Å². The first-order valence-electron chi connectivity index (χ1n) is 5.59. The van der Waals surface area contributed by atoms with Crippen molar-refractivity contribution >= 4 is 0 Å². The molecular weight excluding hydrogens is 210 g/mol. The van der Waals surface area contributed by atoms with Crippen molar-refractivity contribution in [2.45, 2.75) is 31.8 Å². The van der Waals surface area contributed by atoms with E-state index in [0.717, 1.165) is 13.1 Å². The van der Waals surface area contributed by atoms with Gasteiger partial charge in [-0.1, -0.05) is 0 Å². The molecule has 0 spiro atoms. The van der Waals surface area contributed by atoms with E-state index in [9.17, 15) is 0 Å². The molecule has 0 aromatic carbocycles. The molecule has 1 aliphatic heterocycles. The molecule has 1 rings (SSSR count). The maximum absolute atomic E-state index is 5.85. The Labute approximate surface area is 97.4 Å². The van der Waals surface area contributed by atoms with Crippen molar-refractivity contribution in [2.24, 2.45) is 0 Å². The number of hydrogen-bond acceptors (Lipinski definition) is 5. The lowest BCUT2D eigenvalue weighted by atomic mass is 10.1. The summed E-state index contributed by atoms with van der Waals surface area (Å²) in [5.74, 6) is 0. The van der Waals surface area contributed by atoms with Gasteiger partial charge < -0.3 is 24.3 Å². The largest absolute Gasteiger partial charge is 0.373 e. The quantitative estimate of drug-likeness (QED) is 0.673. The fraction of sp³-hybridized carbons (Fsp3) is 1.00. The molecule has 1 N–H and O–H groups in total. The predicted molar refractivity (Wildman–Crippen MR) is 60.4 cm³/mol. The zero-order chi connectivity index (χ0) is 12.0. The van der Waals surface area contributed by atoms with E-state index in [0.29, 0.717) is 13.2 Å². The molecule has 1 atom stereocenters. The Morgan fingerprint density at radius 1 is 1.38 bits per heavy atom. The fourth-order valence-electron chi connectivity index (χ4n) is 1.69. The molecule has 1 aliphatic rings. The van der Waals surface area contributed by atoms with E-state index in [1.165, 1.54) is 0 Å². The van der Waals surface area contributed by atoms with E-state index in [-0.39, 0.29) is 18.0 Å². The zero-order valence-electron chi connectivity index (χ0n) is 10.6. The SMILES string of the molecule is COC(COCC1CNCC(C)(C)O1)OC. The lowest BCUT2D eigenvalue weighted by Gasteiger charge is -2.36.